The zero-order valence-electron chi connectivity index (χ0n) is 13.1. The standard InChI is InChI=1S/C16H24N4S/c1-4-8-20-10-17-9-13(20)15(18-11(2)3)16-19-12-6-5-7-14(12)21-16/h9-11,15,18H,4-8H2,1-3H3. The van der Waals surface area contributed by atoms with E-state index < -0.39 is 0 Å². The predicted molar refractivity (Wildman–Crippen MR) is 86.8 cm³/mol. The van der Waals surface area contributed by atoms with Gasteiger partial charge in [-0.2, -0.15) is 0 Å². The zero-order valence-corrected chi connectivity index (χ0v) is 13.9. The second-order valence-electron chi connectivity index (χ2n) is 6.04. The van der Waals surface area contributed by atoms with E-state index in [4.69, 9.17) is 4.98 Å². The van der Waals surface area contributed by atoms with Crippen molar-refractivity contribution >= 4 is 11.3 Å². The van der Waals surface area contributed by atoms with Crippen LogP contribution in [0.5, 0.6) is 0 Å². The number of fused-ring (bicyclic) bond motifs is 1. The van der Waals surface area contributed by atoms with Gasteiger partial charge in [-0.15, -0.1) is 11.3 Å². The highest BCUT2D eigenvalue weighted by atomic mass is 32.1. The number of hydrogen-bond acceptors (Lipinski definition) is 4. The summed E-state index contributed by atoms with van der Waals surface area (Å²) in [7, 11) is 0. The lowest BCUT2D eigenvalue weighted by Crippen LogP contribution is -2.30. The summed E-state index contributed by atoms with van der Waals surface area (Å²) < 4.78 is 2.26. The molecule has 0 spiro atoms. The molecular formula is C16H24N4S. The number of hydrogen-bond donors (Lipinski definition) is 1. The first-order valence-corrected chi connectivity index (χ1v) is 8.75. The second kappa shape index (κ2) is 6.28. The average molecular weight is 304 g/mol. The van der Waals surface area contributed by atoms with Crippen molar-refractivity contribution < 1.29 is 0 Å². The van der Waals surface area contributed by atoms with Crippen LogP contribution in [0.3, 0.4) is 0 Å². The van der Waals surface area contributed by atoms with Crippen molar-refractivity contribution in [2.45, 2.75) is 65.1 Å². The molecule has 3 rings (SSSR count). The molecule has 1 atom stereocenters. The first kappa shape index (κ1) is 14.7. The fourth-order valence-corrected chi connectivity index (χ4v) is 4.18. The van der Waals surface area contributed by atoms with Crippen molar-refractivity contribution in [3.8, 4) is 0 Å². The van der Waals surface area contributed by atoms with Gasteiger partial charge in [-0.3, -0.25) is 0 Å². The van der Waals surface area contributed by atoms with E-state index in [2.05, 4.69) is 35.6 Å². The highest BCUT2D eigenvalue weighted by Gasteiger charge is 2.25. The number of nitrogens with one attached hydrogen (secondary N) is 1. The lowest BCUT2D eigenvalue weighted by atomic mass is 10.2. The quantitative estimate of drug-likeness (QED) is 0.890. The second-order valence-corrected chi connectivity index (χ2v) is 7.16. The molecule has 1 aliphatic rings. The molecule has 0 aromatic carbocycles. The SMILES string of the molecule is CCCn1cncc1C(NC(C)C)c1nc2c(s1)CCC2. The molecule has 1 aliphatic carbocycles. The summed E-state index contributed by atoms with van der Waals surface area (Å²) >= 11 is 1.88. The number of aromatic nitrogens is 3. The largest absolute Gasteiger partial charge is 0.333 e. The number of nitrogens with zero attached hydrogens (tertiary/aromatic N) is 3. The average Bonchev–Trinajstić information content (AvgIpc) is 3.10. The van der Waals surface area contributed by atoms with Crippen LogP contribution < -0.4 is 5.32 Å². The summed E-state index contributed by atoms with van der Waals surface area (Å²) in [5.74, 6) is 0. The molecule has 0 fully saturated rings. The van der Waals surface area contributed by atoms with Gasteiger partial charge in [0.05, 0.1) is 23.9 Å². The van der Waals surface area contributed by atoms with Gasteiger partial charge >= 0.3 is 0 Å². The molecule has 0 saturated carbocycles. The van der Waals surface area contributed by atoms with Crippen LogP contribution in [0.1, 0.15) is 60.9 Å². The van der Waals surface area contributed by atoms with Gasteiger partial charge in [0.2, 0.25) is 0 Å². The first-order valence-electron chi connectivity index (χ1n) is 7.93. The van der Waals surface area contributed by atoms with Crippen LogP contribution in [0.25, 0.3) is 0 Å². The van der Waals surface area contributed by atoms with Crippen LogP contribution in [0.4, 0.5) is 0 Å². The smallest absolute Gasteiger partial charge is 0.116 e. The lowest BCUT2D eigenvalue weighted by Gasteiger charge is -2.21. The Balaban J connectivity index is 1.94. The number of imidazole rings is 1. The maximum Gasteiger partial charge on any atom is 0.116 e. The number of rotatable bonds is 6. The zero-order chi connectivity index (χ0) is 14.8. The van der Waals surface area contributed by atoms with Gasteiger partial charge in [-0.25, -0.2) is 9.97 Å². The van der Waals surface area contributed by atoms with Crippen molar-refractivity contribution in [2.75, 3.05) is 0 Å². The van der Waals surface area contributed by atoms with Gasteiger partial charge in [0.25, 0.3) is 0 Å². The first-order chi connectivity index (χ1) is 10.2. The number of thiazole rings is 1. The highest BCUT2D eigenvalue weighted by Crippen LogP contribution is 2.33. The van der Waals surface area contributed by atoms with Crippen molar-refractivity contribution in [2.24, 2.45) is 0 Å². The molecular weight excluding hydrogens is 280 g/mol. The maximum absolute atomic E-state index is 4.92. The molecule has 1 unspecified atom stereocenters. The third-order valence-electron chi connectivity index (χ3n) is 3.86. The van der Waals surface area contributed by atoms with Crippen molar-refractivity contribution in [3.05, 3.63) is 33.8 Å². The molecule has 1 N–H and O–H groups in total. The Bertz CT molecular complexity index is 578. The molecule has 0 amide bonds. The summed E-state index contributed by atoms with van der Waals surface area (Å²) in [5.41, 5.74) is 2.56. The van der Waals surface area contributed by atoms with E-state index in [1.165, 1.54) is 34.1 Å². The molecule has 5 heteroatoms. The van der Waals surface area contributed by atoms with Gasteiger partial charge in [-0.05, 0) is 39.5 Å². The van der Waals surface area contributed by atoms with Gasteiger partial charge < -0.3 is 9.88 Å². The molecule has 2 aromatic heterocycles. The minimum atomic E-state index is 0.162. The fourth-order valence-electron chi connectivity index (χ4n) is 2.95. The lowest BCUT2D eigenvalue weighted by molar-refractivity contribution is 0.494. The normalized spacial score (nSPS) is 15.6. The van der Waals surface area contributed by atoms with E-state index in [1.807, 2.05) is 23.9 Å². The van der Waals surface area contributed by atoms with E-state index >= 15 is 0 Å². The Labute approximate surface area is 130 Å². The van der Waals surface area contributed by atoms with Gasteiger partial charge in [0.1, 0.15) is 11.0 Å². The summed E-state index contributed by atoms with van der Waals surface area (Å²) in [5, 5.41) is 4.87. The fraction of sp³-hybridized carbons (Fsp3) is 0.625. The summed E-state index contributed by atoms with van der Waals surface area (Å²) in [6, 6.07) is 0.577. The monoisotopic (exact) mass is 304 g/mol. The van der Waals surface area contributed by atoms with Crippen LogP contribution in [-0.2, 0) is 19.4 Å². The minimum Gasteiger partial charge on any atom is -0.333 e. The van der Waals surface area contributed by atoms with E-state index in [0.717, 1.165) is 19.4 Å². The van der Waals surface area contributed by atoms with E-state index in [9.17, 15) is 0 Å². The number of aryl methyl sites for hydroxylation is 3. The predicted octanol–water partition coefficient (Wildman–Crippen LogP) is 3.33. The minimum absolute atomic E-state index is 0.162. The van der Waals surface area contributed by atoms with Crippen LogP contribution in [0.2, 0.25) is 0 Å². The molecule has 2 heterocycles. The molecule has 0 radical (unpaired) electrons. The Kier molecular flexibility index (Phi) is 4.40. The van der Waals surface area contributed by atoms with E-state index in [0.29, 0.717) is 6.04 Å². The third kappa shape index (κ3) is 3.04. The summed E-state index contributed by atoms with van der Waals surface area (Å²) in [6.07, 6.45) is 8.66. The maximum atomic E-state index is 4.92. The van der Waals surface area contributed by atoms with Crippen LogP contribution in [-0.4, -0.2) is 20.6 Å². The Morgan fingerprint density at radius 1 is 1.38 bits per heavy atom. The van der Waals surface area contributed by atoms with Crippen LogP contribution >= 0.6 is 11.3 Å². The molecule has 0 aliphatic heterocycles. The summed E-state index contributed by atoms with van der Waals surface area (Å²) in [6.45, 7) is 7.59. The Hall–Kier alpha value is -1.20. The molecule has 0 saturated heterocycles. The molecule has 2 aromatic rings. The van der Waals surface area contributed by atoms with Gasteiger partial charge in [-0.1, -0.05) is 6.92 Å². The molecule has 0 bridgehead atoms. The molecule has 114 valence electrons. The molecule has 4 nitrogen and oxygen atoms in total. The van der Waals surface area contributed by atoms with Crippen molar-refractivity contribution in [1.82, 2.24) is 19.9 Å². The van der Waals surface area contributed by atoms with Crippen molar-refractivity contribution in [3.63, 3.8) is 0 Å². The van der Waals surface area contributed by atoms with Crippen LogP contribution in [0, 0.1) is 0 Å². The Morgan fingerprint density at radius 3 is 2.95 bits per heavy atom. The topological polar surface area (TPSA) is 42.7 Å². The van der Waals surface area contributed by atoms with E-state index in [1.54, 1.807) is 0 Å². The summed E-state index contributed by atoms with van der Waals surface area (Å²) in [4.78, 5) is 10.8. The van der Waals surface area contributed by atoms with E-state index in [-0.39, 0.29) is 6.04 Å². The third-order valence-corrected chi connectivity index (χ3v) is 5.09. The molecule has 21 heavy (non-hydrogen) atoms. The highest BCUT2D eigenvalue weighted by molar-refractivity contribution is 7.11. The van der Waals surface area contributed by atoms with Crippen LogP contribution in [0.15, 0.2) is 12.5 Å². The van der Waals surface area contributed by atoms with Gasteiger partial charge in [0, 0.05) is 17.5 Å². The Morgan fingerprint density at radius 2 is 2.24 bits per heavy atom. The van der Waals surface area contributed by atoms with Gasteiger partial charge in [0.15, 0.2) is 0 Å². The van der Waals surface area contributed by atoms with Crippen molar-refractivity contribution in [1.29, 1.82) is 0 Å².